The van der Waals surface area contributed by atoms with Gasteiger partial charge in [0.1, 0.15) is 0 Å². The normalized spacial score (nSPS) is 23.6. The molecule has 0 bridgehead atoms. The lowest BCUT2D eigenvalue weighted by atomic mass is 9.92. The molecule has 2 aliphatic rings. The number of likely N-dealkylation sites (tertiary alicyclic amines) is 1. The average molecular weight is 344 g/mol. The van der Waals surface area contributed by atoms with Crippen LogP contribution in [0.5, 0.6) is 0 Å². The fourth-order valence-corrected chi connectivity index (χ4v) is 4.28. The van der Waals surface area contributed by atoms with Gasteiger partial charge < -0.3 is 10.2 Å². The minimum atomic E-state index is 0.209. The van der Waals surface area contributed by atoms with Crippen LogP contribution < -0.4 is 5.32 Å². The van der Waals surface area contributed by atoms with Crippen LogP contribution in [0.2, 0.25) is 0 Å². The largest absolute Gasteiger partial charge is 0.339 e. The van der Waals surface area contributed by atoms with E-state index in [4.69, 9.17) is 0 Å². The van der Waals surface area contributed by atoms with Crippen molar-refractivity contribution in [3.05, 3.63) is 35.4 Å². The molecule has 25 heavy (non-hydrogen) atoms. The van der Waals surface area contributed by atoms with Gasteiger partial charge in [-0.3, -0.25) is 9.69 Å². The van der Waals surface area contributed by atoms with Crippen LogP contribution in [0.4, 0.5) is 0 Å². The van der Waals surface area contributed by atoms with Crippen LogP contribution in [0.25, 0.3) is 0 Å². The Bertz CT molecular complexity index is 543. The first-order chi connectivity index (χ1) is 12.2. The standard InChI is InChI=1S/C21H33N3O/c1-3-11-23(4-2)16-17-5-7-18(8-6-17)21(25)24-12-9-19-14-22-15-20(19)10-13-24/h5-8,19-20,22H,3-4,9-16H2,1-2H3/t19-,20+. The molecule has 3 rings (SSSR count). The SMILES string of the molecule is CCCN(CC)Cc1ccc(C(=O)N2CC[C@@H]3CNC[C@@H]3CC2)cc1. The fourth-order valence-electron chi connectivity index (χ4n) is 4.28. The molecule has 0 radical (unpaired) electrons. The summed E-state index contributed by atoms with van der Waals surface area (Å²) in [7, 11) is 0. The zero-order valence-electron chi connectivity index (χ0n) is 15.8. The summed E-state index contributed by atoms with van der Waals surface area (Å²) in [5, 5.41) is 3.50. The lowest BCUT2D eigenvalue weighted by molar-refractivity contribution is 0.0758. The van der Waals surface area contributed by atoms with Crippen LogP contribution >= 0.6 is 0 Å². The van der Waals surface area contributed by atoms with Crippen LogP contribution in [-0.2, 0) is 6.54 Å². The van der Waals surface area contributed by atoms with Crippen molar-refractivity contribution in [2.24, 2.45) is 11.8 Å². The number of benzene rings is 1. The van der Waals surface area contributed by atoms with E-state index < -0.39 is 0 Å². The van der Waals surface area contributed by atoms with Gasteiger partial charge in [-0.05, 0) is 75.0 Å². The van der Waals surface area contributed by atoms with E-state index >= 15 is 0 Å². The number of nitrogens with one attached hydrogen (secondary N) is 1. The highest BCUT2D eigenvalue weighted by Crippen LogP contribution is 2.27. The van der Waals surface area contributed by atoms with Crippen LogP contribution in [0.15, 0.2) is 24.3 Å². The average Bonchev–Trinajstić information content (AvgIpc) is 3.00. The quantitative estimate of drug-likeness (QED) is 0.862. The molecule has 2 saturated heterocycles. The molecule has 138 valence electrons. The van der Waals surface area contributed by atoms with E-state index in [-0.39, 0.29) is 5.91 Å². The monoisotopic (exact) mass is 343 g/mol. The number of nitrogens with zero attached hydrogens (tertiary/aromatic N) is 2. The van der Waals surface area contributed by atoms with Gasteiger partial charge in [-0.2, -0.15) is 0 Å². The van der Waals surface area contributed by atoms with E-state index in [0.717, 1.165) is 76.1 Å². The highest BCUT2D eigenvalue weighted by molar-refractivity contribution is 5.94. The molecule has 0 unspecified atom stereocenters. The summed E-state index contributed by atoms with van der Waals surface area (Å²) in [6, 6.07) is 8.29. The van der Waals surface area contributed by atoms with Crippen LogP contribution in [0.3, 0.4) is 0 Å². The fraction of sp³-hybridized carbons (Fsp3) is 0.667. The van der Waals surface area contributed by atoms with Gasteiger partial charge in [0, 0.05) is 25.2 Å². The number of rotatable bonds is 6. The van der Waals surface area contributed by atoms with Gasteiger partial charge in [-0.15, -0.1) is 0 Å². The van der Waals surface area contributed by atoms with Crippen molar-refractivity contribution in [1.29, 1.82) is 0 Å². The van der Waals surface area contributed by atoms with Gasteiger partial charge in [-0.25, -0.2) is 0 Å². The number of hydrogen-bond donors (Lipinski definition) is 1. The van der Waals surface area contributed by atoms with Crippen LogP contribution in [0.1, 0.15) is 49.0 Å². The second kappa shape index (κ2) is 8.81. The number of carbonyl (C=O) groups is 1. The number of carbonyl (C=O) groups excluding carboxylic acids is 1. The first kappa shape index (κ1) is 18.4. The smallest absolute Gasteiger partial charge is 0.253 e. The summed E-state index contributed by atoms with van der Waals surface area (Å²) < 4.78 is 0. The first-order valence-corrected chi connectivity index (χ1v) is 10.0. The summed E-state index contributed by atoms with van der Waals surface area (Å²) in [6.07, 6.45) is 3.46. The molecule has 0 aliphatic carbocycles. The van der Waals surface area contributed by atoms with E-state index in [0.29, 0.717) is 0 Å². The molecule has 2 heterocycles. The van der Waals surface area contributed by atoms with E-state index in [2.05, 4.69) is 41.1 Å². The molecule has 0 spiro atoms. The molecule has 0 aromatic heterocycles. The Kier molecular flexibility index (Phi) is 6.49. The molecular weight excluding hydrogens is 310 g/mol. The maximum atomic E-state index is 12.9. The summed E-state index contributed by atoms with van der Waals surface area (Å²) in [5.41, 5.74) is 2.13. The minimum Gasteiger partial charge on any atom is -0.339 e. The molecule has 4 nitrogen and oxygen atoms in total. The van der Waals surface area contributed by atoms with Crippen molar-refractivity contribution in [2.75, 3.05) is 39.3 Å². The van der Waals surface area contributed by atoms with Crippen LogP contribution in [0, 0.1) is 11.8 Å². The first-order valence-electron chi connectivity index (χ1n) is 10.0. The Labute approximate surface area is 152 Å². The number of fused-ring (bicyclic) bond motifs is 1. The lowest BCUT2D eigenvalue weighted by Crippen LogP contribution is -2.32. The predicted octanol–water partition coefficient (Wildman–Crippen LogP) is 2.99. The van der Waals surface area contributed by atoms with Crippen molar-refractivity contribution in [3.63, 3.8) is 0 Å². The topological polar surface area (TPSA) is 35.6 Å². The lowest BCUT2D eigenvalue weighted by Gasteiger charge is -2.22. The van der Waals surface area contributed by atoms with Gasteiger partial charge in [-0.1, -0.05) is 26.0 Å². The summed E-state index contributed by atoms with van der Waals surface area (Å²) >= 11 is 0. The van der Waals surface area contributed by atoms with E-state index in [1.165, 1.54) is 12.0 Å². The Hall–Kier alpha value is -1.39. The van der Waals surface area contributed by atoms with Gasteiger partial charge in [0.15, 0.2) is 0 Å². The summed E-state index contributed by atoms with van der Waals surface area (Å²) in [4.78, 5) is 17.4. The van der Waals surface area contributed by atoms with E-state index in [9.17, 15) is 4.79 Å². The minimum absolute atomic E-state index is 0.209. The molecule has 4 heteroatoms. The van der Waals surface area contributed by atoms with Crippen LogP contribution in [-0.4, -0.2) is 55.0 Å². The third-order valence-corrected chi connectivity index (χ3v) is 5.90. The third-order valence-electron chi connectivity index (χ3n) is 5.90. The zero-order valence-corrected chi connectivity index (χ0v) is 15.8. The van der Waals surface area contributed by atoms with Crippen molar-refractivity contribution < 1.29 is 4.79 Å². The zero-order chi connectivity index (χ0) is 17.6. The van der Waals surface area contributed by atoms with Gasteiger partial charge in [0.25, 0.3) is 5.91 Å². The number of hydrogen-bond acceptors (Lipinski definition) is 3. The molecule has 1 aromatic carbocycles. The Balaban J connectivity index is 1.58. The maximum absolute atomic E-state index is 12.9. The molecule has 1 aromatic rings. The molecule has 2 atom stereocenters. The third kappa shape index (κ3) is 4.62. The Morgan fingerprint density at radius 1 is 1.12 bits per heavy atom. The molecule has 2 fully saturated rings. The highest BCUT2D eigenvalue weighted by Gasteiger charge is 2.31. The molecule has 2 aliphatic heterocycles. The van der Waals surface area contributed by atoms with Gasteiger partial charge in [0.05, 0.1) is 0 Å². The van der Waals surface area contributed by atoms with E-state index in [1.54, 1.807) is 0 Å². The van der Waals surface area contributed by atoms with E-state index in [1.807, 2.05) is 12.1 Å². The highest BCUT2D eigenvalue weighted by atomic mass is 16.2. The molecule has 0 saturated carbocycles. The Morgan fingerprint density at radius 3 is 2.32 bits per heavy atom. The molecule has 1 amide bonds. The maximum Gasteiger partial charge on any atom is 0.253 e. The second-order valence-corrected chi connectivity index (χ2v) is 7.61. The van der Waals surface area contributed by atoms with Crippen molar-refractivity contribution in [2.45, 2.75) is 39.7 Å². The van der Waals surface area contributed by atoms with Gasteiger partial charge in [0.2, 0.25) is 0 Å². The molecular formula is C21H33N3O. The van der Waals surface area contributed by atoms with Crippen molar-refractivity contribution >= 4 is 5.91 Å². The summed E-state index contributed by atoms with van der Waals surface area (Å²) in [6.45, 7) is 11.7. The summed E-state index contributed by atoms with van der Waals surface area (Å²) in [5.74, 6) is 1.73. The number of amides is 1. The Morgan fingerprint density at radius 2 is 1.76 bits per heavy atom. The second-order valence-electron chi connectivity index (χ2n) is 7.61. The predicted molar refractivity (Wildman–Crippen MR) is 103 cm³/mol. The molecule has 1 N–H and O–H groups in total. The van der Waals surface area contributed by atoms with Crippen molar-refractivity contribution in [1.82, 2.24) is 15.1 Å². The van der Waals surface area contributed by atoms with Gasteiger partial charge >= 0.3 is 0 Å². The van der Waals surface area contributed by atoms with Crippen molar-refractivity contribution in [3.8, 4) is 0 Å².